The van der Waals surface area contributed by atoms with E-state index in [1.807, 2.05) is 0 Å². The van der Waals surface area contributed by atoms with Crippen molar-refractivity contribution in [2.75, 3.05) is 0 Å². The van der Waals surface area contributed by atoms with E-state index in [1.165, 1.54) is 10.6 Å². The molecule has 3 aromatic rings. The fourth-order valence-electron chi connectivity index (χ4n) is 6.12. The van der Waals surface area contributed by atoms with Gasteiger partial charge in [0.1, 0.15) is 12.4 Å². The molecule has 0 spiro atoms. The standard InChI is InChI=1S/C27H23F4N3O5/c1-3-11-13-6-19-22-14(8-34(19)25(37)15(13)9-39-26(11)38)21-17(33-24(36)23(35)27(29,30)31)5-4-12-10(2)16(28)7-18(32-22)20(12)21/h6-7,11,17,23,35H,3-5,8-9H2,1-2H3,(H,33,36)/t11-,17?,23-/m1/s1. The van der Waals surface area contributed by atoms with E-state index in [0.29, 0.717) is 56.6 Å². The summed E-state index contributed by atoms with van der Waals surface area (Å²) in [6, 6.07) is 2.00. The number of aromatic nitrogens is 2. The zero-order chi connectivity index (χ0) is 28.0. The van der Waals surface area contributed by atoms with Crippen molar-refractivity contribution in [3.8, 4) is 11.4 Å². The van der Waals surface area contributed by atoms with E-state index in [0.717, 1.165) is 0 Å². The molecule has 6 rings (SSSR count). The molecular weight excluding hydrogens is 522 g/mol. The molecule has 3 aliphatic rings. The lowest BCUT2D eigenvalue weighted by Gasteiger charge is -2.30. The lowest BCUT2D eigenvalue weighted by molar-refractivity contribution is -0.205. The van der Waals surface area contributed by atoms with Gasteiger partial charge in [0.25, 0.3) is 11.5 Å². The number of benzene rings is 1. The number of hydrogen-bond donors (Lipinski definition) is 2. The molecule has 1 aromatic carbocycles. The molecule has 39 heavy (non-hydrogen) atoms. The Labute approximate surface area is 218 Å². The fourth-order valence-corrected chi connectivity index (χ4v) is 6.12. The van der Waals surface area contributed by atoms with Crippen LogP contribution in [-0.4, -0.2) is 38.8 Å². The summed E-state index contributed by atoms with van der Waals surface area (Å²) in [5.74, 6) is -3.18. The molecule has 204 valence electrons. The topological polar surface area (TPSA) is 111 Å². The van der Waals surface area contributed by atoms with E-state index in [9.17, 15) is 37.1 Å². The third kappa shape index (κ3) is 3.68. The molecule has 3 atom stereocenters. The molecule has 12 heteroatoms. The van der Waals surface area contributed by atoms with Gasteiger partial charge < -0.3 is 19.7 Å². The number of amides is 1. The van der Waals surface area contributed by atoms with Crippen molar-refractivity contribution in [3.63, 3.8) is 0 Å². The molecule has 0 saturated heterocycles. The Balaban J connectivity index is 1.58. The fraction of sp³-hybridized carbons (Fsp3) is 0.407. The van der Waals surface area contributed by atoms with Gasteiger partial charge in [0, 0.05) is 17.0 Å². The van der Waals surface area contributed by atoms with Gasteiger partial charge in [-0.15, -0.1) is 0 Å². The number of halogens is 4. The van der Waals surface area contributed by atoms with Crippen LogP contribution >= 0.6 is 0 Å². The second kappa shape index (κ2) is 8.60. The second-order valence-corrected chi connectivity index (χ2v) is 10.2. The van der Waals surface area contributed by atoms with Crippen molar-refractivity contribution >= 4 is 22.8 Å². The Morgan fingerprint density at radius 2 is 2.00 bits per heavy atom. The number of alkyl halides is 3. The molecule has 2 N–H and O–H groups in total. The Kier molecular flexibility index (Phi) is 5.62. The van der Waals surface area contributed by atoms with Gasteiger partial charge in [-0.3, -0.25) is 14.4 Å². The number of aryl methyl sites for hydroxylation is 1. The van der Waals surface area contributed by atoms with E-state index in [2.05, 4.69) is 5.32 Å². The SMILES string of the molecule is CC[C@H]1C(=O)OCc2c1cc1n(c2=O)Cc2c-1nc1cc(F)c(C)c3c1c2C(NC(=O)[C@@H](O)C(F)(F)F)CC3. The number of nitrogens with zero attached hydrogens (tertiary/aromatic N) is 2. The summed E-state index contributed by atoms with van der Waals surface area (Å²) < 4.78 is 60.8. The van der Waals surface area contributed by atoms with Crippen molar-refractivity contribution in [2.24, 2.45) is 0 Å². The Hall–Kier alpha value is -3.80. The molecular formula is C27H23F4N3O5. The molecule has 8 nitrogen and oxygen atoms in total. The number of cyclic esters (lactones) is 1. The number of ether oxygens (including phenoxy) is 1. The summed E-state index contributed by atoms with van der Waals surface area (Å²) in [5, 5.41) is 12.4. The number of fused-ring (bicyclic) bond motifs is 5. The van der Waals surface area contributed by atoms with Gasteiger partial charge in [-0.25, -0.2) is 9.37 Å². The Bertz CT molecular complexity index is 1660. The maximum Gasteiger partial charge on any atom is 0.423 e. The zero-order valence-electron chi connectivity index (χ0n) is 20.9. The van der Waals surface area contributed by atoms with Crippen LogP contribution in [0.4, 0.5) is 17.6 Å². The smallest absolute Gasteiger partial charge is 0.423 e. The summed E-state index contributed by atoms with van der Waals surface area (Å²) >= 11 is 0. The molecule has 0 bridgehead atoms. The maximum atomic E-state index is 14.9. The summed E-state index contributed by atoms with van der Waals surface area (Å²) in [6.45, 7) is 3.24. The number of aliphatic hydroxyl groups is 1. The number of esters is 1. The minimum Gasteiger partial charge on any atom is -0.460 e. The van der Waals surface area contributed by atoms with Crippen LogP contribution in [-0.2, 0) is 33.9 Å². The van der Waals surface area contributed by atoms with Gasteiger partial charge in [0.05, 0.1) is 41.0 Å². The van der Waals surface area contributed by atoms with Crippen LogP contribution < -0.4 is 10.9 Å². The first-order chi connectivity index (χ1) is 18.4. The van der Waals surface area contributed by atoms with E-state index in [-0.39, 0.29) is 37.1 Å². The number of carbonyl (C=O) groups excluding carboxylic acids is 2. The largest absolute Gasteiger partial charge is 0.460 e. The Morgan fingerprint density at radius 3 is 2.69 bits per heavy atom. The molecule has 0 saturated carbocycles. The zero-order valence-corrected chi connectivity index (χ0v) is 20.9. The van der Waals surface area contributed by atoms with Crippen molar-refractivity contribution in [3.05, 3.63) is 61.7 Å². The highest BCUT2D eigenvalue weighted by atomic mass is 19.4. The average Bonchev–Trinajstić information content (AvgIpc) is 3.25. The number of aliphatic hydroxyl groups excluding tert-OH is 1. The summed E-state index contributed by atoms with van der Waals surface area (Å²) in [6.07, 6.45) is -7.54. The van der Waals surface area contributed by atoms with Gasteiger partial charge in [-0.2, -0.15) is 13.2 Å². The third-order valence-electron chi connectivity index (χ3n) is 8.07. The maximum absolute atomic E-state index is 14.9. The molecule has 1 amide bonds. The molecule has 4 heterocycles. The number of carbonyl (C=O) groups is 2. The first kappa shape index (κ1) is 25.5. The van der Waals surface area contributed by atoms with Crippen molar-refractivity contribution in [1.29, 1.82) is 0 Å². The first-order valence-corrected chi connectivity index (χ1v) is 12.6. The number of pyridine rings is 2. The Morgan fingerprint density at radius 1 is 1.26 bits per heavy atom. The van der Waals surface area contributed by atoms with Crippen LogP contribution in [0.3, 0.4) is 0 Å². The third-order valence-corrected chi connectivity index (χ3v) is 8.07. The molecule has 1 aliphatic carbocycles. The van der Waals surface area contributed by atoms with Gasteiger partial charge in [0.2, 0.25) is 6.10 Å². The highest BCUT2D eigenvalue weighted by molar-refractivity contribution is 5.94. The van der Waals surface area contributed by atoms with Crippen LogP contribution in [0.5, 0.6) is 0 Å². The molecule has 2 aliphatic heterocycles. The van der Waals surface area contributed by atoms with E-state index in [4.69, 9.17) is 9.72 Å². The van der Waals surface area contributed by atoms with Crippen molar-refractivity contribution in [2.45, 2.75) is 70.5 Å². The first-order valence-electron chi connectivity index (χ1n) is 12.6. The van der Waals surface area contributed by atoms with E-state index in [1.54, 1.807) is 19.9 Å². The highest BCUT2D eigenvalue weighted by Gasteiger charge is 2.45. The summed E-state index contributed by atoms with van der Waals surface area (Å²) in [7, 11) is 0. The van der Waals surface area contributed by atoms with Gasteiger partial charge >= 0.3 is 12.1 Å². The molecule has 0 fully saturated rings. The van der Waals surface area contributed by atoms with Crippen LogP contribution in [0.15, 0.2) is 16.9 Å². The predicted octanol–water partition coefficient (Wildman–Crippen LogP) is 3.45. The minimum absolute atomic E-state index is 0.0177. The quantitative estimate of drug-likeness (QED) is 0.302. The highest BCUT2D eigenvalue weighted by Crippen LogP contribution is 2.45. The minimum atomic E-state index is -5.15. The van der Waals surface area contributed by atoms with Crippen LogP contribution in [0.25, 0.3) is 22.3 Å². The van der Waals surface area contributed by atoms with Crippen LogP contribution in [0.2, 0.25) is 0 Å². The monoisotopic (exact) mass is 545 g/mol. The van der Waals surface area contributed by atoms with Crippen molar-refractivity contribution in [1.82, 2.24) is 14.9 Å². The summed E-state index contributed by atoms with van der Waals surface area (Å²) in [4.78, 5) is 43.0. The number of rotatable bonds is 3. The average molecular weight is 545 g/mol. The van der Waals surface area contributed by atoms with Crippen LogP contribution in [0.1, 0.15) is 65.1 Å². The second-order valence-electron chi connectivity index (χ2n) is 10.2. The lowest BCUT2D eigenvalue weighted by Crippen LogP contribution is -2.45. The summed E-state index contributed by atoms with van der Waals surface area (Å²) in [5.41, 5.74) is 3.42. The lowest BCUT2D eigenvalue weighted by atomic mass is 9.81. The van der Waals surface area contributed by atoms with Gasteiger partial charge in [0.15, 0.2) is 0 Å². The van der Waals surface area contributed by atoms with Gasteiger partial charge in [-0.1, -0.05) is 6.92 Å². The molecule has 0 radical (unpaired) electrons. The predicted molar refractivity (Wildman–Crippen MR) is 129 cm³/mol. The van der Waals surface area contributed by atoms with Crippen molar-refractivity contribution < 1.29 is 37.0 Å². The number of hydrogen-bond acceptors (Lipinski definition) is 6. The van der Waals surface area contributed by atoms with Crippen LogP contribution in [0, 0.1) is 12.7 Å². The van der Waals surface area contributed by atoms with E-state index >= 15 is 0 Å². The molecule has 2 aromatic heterocycles. The van der Waals surface area contributed by atoms with Gasteiger partial charge in [-0.05, 0) is 54.5 Å². The normalized spacial score (nSPS) is 20.2. The van der Waals surface area contributed by atoms with E-state index < -0.39 is 41.9 Å². The molecule has 1 unspecified atom stereocenters. The number of nitrogens with one attached hydrogen (secondary N) is 1.